The van der Waals surface area contributed by atoms with E-state index in [1.54, 1.807) is 0 Å². The van der Waals surface area contributed by atoms with Crippen molar-refractivity contribution in [2.24, 2.45) is 5.92 Å². The number of anilines is 1. The van der Waals surface area contributed by atoms with E-state index in [9.17, 15) is 4.79 Å². The van der Waals surface area contributed by atoms with Crippen LogP contribution in [-0.2, 0) is 4.79 Å². The van der Waals surface area contributed by atoms with Gasteiger partial charge in [0.2, 0.25) is 0 Å². The highest BCUT2D eigenvalue weighted by atomic mass is 16.1. The maximum atomic E-state index is 12.1. The molecule has 1 aliphatic carbocycles. The van der Waals surface area contributed by atoms with Crippen LogP contribution in [0.4, 0.5) is 5.69 Å². The number of para-hydroxylation sites is 1. The number of hydrogen-bond donors (Lipinski definition) is 1. The molecule has 102 valence electrons. The summed E-state index contributed by atoms with van der Waals surface area (Å²) in [5, 5.41) is 3.49. The van der Waals surface area contributed by atoms with E-state index in [-0.39, 0.29) is 6.04 Å². The molecule has 0 radical (unpaired) electrons. The van der Waals surface area contributed by atoms with Crippen molar-refractivity contribution < 1.29 is 4.79 Å². The minimum atomic E-state index is 0.0618. The van der Waals surface area contributed by atoms with Gasteiger partial charge in [0.25, 0.3) is 0 Å². The van der Waals surface area contributed by atoms with Crippen LogP contribution in [0.2, 0.25) is 0 Å². The molecule has 1 aliphatic rings. The molecule has 2 nitrogen and oxygen atoms in total. The van der Waals surface area contributed by atoms with Gasteiger partial charge in [0.1, 0.15) is 5.78 Å². The molecular weight excluding hydrogens is 246 g/mol. The highest BCUT2D eigenvalue weighted by molar-refractivity contribution is 5.84. The van der Waals surface area contributed by atoms with Crippen LogP contribution in [0.25, 0.3) is 0 Å². The Kier molecular flexibility index (Phi) is 3.82. The number of carbonyl (C=O) groups excluding carboxylic acids is 1. The first-order valence-corrected chi connectivity index (χ1v) is 7.22. The third-order valence-electron chi connectivity index (χ3n) is 3.75. The van der Waals surface area contributed by atoms with E-state index in [4.69, 9.17) is 0 Å². The molecule has 2 heteroatoms. The van der Waals surface area contributed by atoms with Crippen LogP contribution in [-0.4, -0.2) is 5.78 Å². The number of rotatable bonds is 6. The van der Waals surface area contributed by atoms with Gasteiger partial charge in [0.15, 0.2) is 0 Å². The molecule has 1 N–H and O–H groups in total. The van der Waals surface area contributed by atoms with Gasteiger partial charge < -0.3 is 5.32 Å². The smallest absolute Gasteiger partial charge is 0.138 e. The van der Waals surface area contributed by atoms with Gasteiger partial charge in [-0.05, 0) is 30.5 Å². The van der Waals surface area contributed by atoms with Crippen LogP contribution in [0, 0.1) is 5.92 Å². The Balaban J connectivity index is 1.77. The fourth-order valence-corrected chi connectivity index (χ4v) is 2.45. The summed E-state index contributed by atoms with van der Waals surface area (Å²) in [5.74, 6) is 0.709. The van der Waals surface area contributed by atoms with Crippen LogP contribution in [0.15, 0.2) is 60.7 Å². The van der Waals surface area contributed by atoms with Crippen LogP contribution in [0.5, 0.6) is 0 Å². The van der Waals surface area contributed by atoms with Crippen molar-refractivity contribution in [1.82, 2.24) is 0 Å². The maximum Gasteiger partial charge on any atom is 0.138 e. The molecule has 2 aromatic carbocycles. The predicted molar refractivity (Wildman–Crippen MR) is 81.6 cm³/mol. The monoisotopic (exact) mass is 265 g/mol. The largest absolute Gasteiger partial charge is 0.378 e. The number of hydrogen-bond acceptors (Lipinski definition) is 2. The molecule has 0 heterocycles. The van der Waals surface area contributed by atoms with Gasteiger partial charge >= 0.3 is 0 Å². The zero-order valence-corrected chi connectivity index (χ0v) is 11.5. The molecule has 0 aromatic heterocycles. The number of carbonyl (C=O) groups is 1. The first kappa shape index (κ1) is 12.9. The van der Waals surface area contributed by atoms with Gasteiger partial charge in [-0.2, -0.15) is 0 Å². The van der Waals surface area contributed by atoms with Crippen LogP contribution >= 0.6 is 0 Å². The van der Waals surface area contributed by atoms with E-state index in [1.807, 2.05) is 48.5 Å². The molecule has 0 amide bonds. The molecule has 2 aromatic rings. The number of Topliss-reactive ketones (excluding diaryl/α,β-unsaturated/α-hetero) is 1. The van der Waals surface area contributed by atoms with Crippen LogP contribution in [0.1, 0.15) is 30.9 Å². The minimum Gasteiger partial charge on any atom is -0.378 e. The van der Waals surface area contributed by atoms with Gasteiger partial charge in [-0.1, -0.05) is 48.5 Å². The zero-order valence-electron chi connectivity index (χ0n) is 11.5. The SMILES string of the molecule is O=C(C[C@@H](Nc1ccccc1)c1ccccc1)C1CC1. The second kappa shape index (κ2) is 5.91. The lowest BCUT2D eigenvalue weighted by Gasteiger charge is -2.20. The fraction of sp³-hybridized carbons (Fsp3) is 0.278. The van der Waals surface area contributed by atoms with Crippen molar-refractivity contribution in [2.75, 3.05) is 5.32 Å². The molecule has 1 atom stereocenters. The first-order chi connectivity index (χ1) is 9.83. The molecule has 1 fully saturated rings. The van der Waals surface area contributed by atoms with E-state index in [0.717, 1.165) is 18.5 Å². The number of ketones is 1. The van der Waals surface area contributed by atoms with Crippen LogP contribution in [0.3, 0.4) is 0 Å². The topological polar surface area (TPSA) is 29.1 Å². The Labute approximate surface area is 119 Å². The summed E-state index contributed by atoms with van der Waals surface area (Å²) in [7, 11) is 0. The Bertz CT molecular complexity index is 560. The van der Waals surface area contributed by atoms with Crippen molar-refractivity contribution >= 4 is 11.5 Å². The molecule has 0 spiro atoms. The van der Waals surface area contributed by atoms with Gasteiger partial charge in [-0.3, -0.25) is 4.79 Å². The molecular formula is C18H19NO. The second-order valence-electron chi connectivity index (χ2n) is 5.42. The molecule has 0 saturated heterocycles. The lowest BCUT2D eigenvalue weighted by molar-refractivity contribution is -0.120. The van der Waals surface area contributed by atoms with E-state index < -0.39 is 0 Å². The average molecular weight is 265 g/mol. The minimum absolute atomic E-state index is 0.0618. The highest BCUT2D eigenvalue weighted by Gasteiger charge is 2.31. The number of nitrogens with one attached hydrogen (secondary N) is 1. The summed E-state index contributed by atoms with van der Waals surface area (Å²) in [6.07, 6.45) is 2.72. The van der Waals surface area contributed by atoms with Crippen molar-refractivity contribution in [2.45, 2.75) is 25.3 Å². The highest BCUT2D eigenvalue weighted by Crippen LogP contribution is 2.34. The molecule has 3 rings (SSSR count). The number of benzene rings is 2. The van der Waals surface area contributed by atoms with E-state index >= 15 is 0 Å². The summed E-state index contributed by atoms with van der Waals surface area (Å²) >= 11 is 0. The molecule has 0 bridgehead atoms. The van der Waals surface area contributed by atoms with Crippen molar-refractivity contribution in [3.8, 4) is 0 Å². The molecule has 0 aliphatic heterocycles. The first-order valence-electron chi connectivity index (χ1n) is 7.22. The standard InChI is InChI=1S/C18H19NO/c20-18(15-11-12-15)13-17(14-7-3-1-4-8-14)19-16-9-5-2-6-10-16/h1-10,15,17,19H,11-13H2/t17-/m1/s1. The maximum absolute atomic E-state index is 12.1. The quantitative estimate of drug-likeness (QED) is 0.847. The fourth-order valence-electron chi connectivity index (χ4n) is 2.45. The van der Waals surface area contributed by atoms with Crippen molar-refractivity contribution in [1.29, 1.82) is 0 Å². The summed E-state index contributed by atoms with van der Waals surface area (Å²) in [6, 6.07) is 20.4. The summed E-state index contributed by atoms with van der Waals surface area (Å²) < 4.78 is 0. The predicted octanol–water partition coefficient (Wildman–Crippen LogP) is 4.21. The third kappa shape index (κ3) is 3.27. The van der Waals surface area contributed by atoms with Gasteiger partial charge in [0.05, 0.1) is 6.04 Å². The van der Waals surface area contributed by atoms with Crippen molar-refractivity contribution in [3.63, 3.8) is 0 Å². The lowest BCUT2D eigenvalue weighted by atomic mass is 9.99. The Morgan fingerprint density at radius 2 is 1.60 bits per heavy atom. The van der Waals surface area contributed by atoms with E-state index in [0.29, 0.717) is 18.1 Å². The van der Waals surface area contributed by atoms with Gasteiger partial charge in [0, 0.05) is 18.0 Å². The van der Waals surface area contributed by atoms with Crippen LogP contribution < -0.4 is 5.32 Å². The van der Waals surface area contributed by atoms with E-state index in [2.05, 4.69) is 17.4 Å². The normalized spacial score (nSPS) is 15.6. The third-order valence-corrected chi connectivity index (χ3v) is 3.75. The second-order valence-corrected chi connectivity index (χ2v) is 5.42. The van der Waals surface area contributed by atoms with E-state index in [1.165, 1.54) is 5.56 Å². The van der Waals surface area contributed by atoms with Gasteiger partial charge in [-0.25, -0.2) is 0 Å². The zero-order chi connectivity index (χ0) is 13.8. The lowest BCUT2D eigenvalue weighted by Crippen LogP contribution is -2.16. The summed E-state index contributed by atoms with van der Waals surface area (Å²) in [4.78, 5) is 12.1. The Hall–Kier alpha value is -2.09. The Morgan fingerprint density at radius 3 is 2.20 bits per heavy atom. The summed E-state index contributed by atoms with van der Waals surface area (Å²) in [6.45, 7) is 0. The molecule has 20 heavy (non-hydrogen) atoms. The molecule has 1 saturated carbocycles. The summed E-state index contributed by atoms with van der Waals surface area (Å²) in [5.41, 5.74) is 2.23. The Morgan fingerprint density at radius 1 is 1.00 bits per heavy atom. The molecule has 0 unspecified atom stereocenters. The van der Waals surface area contributed by atoms with Crippen molar-refractivity contribution in [3.05, 3.63) is 66.2 Å². The average Bonchev–Trinajstić information content (AvgIpc) is 3.33. The van der Waals surface area contributed by atoms with Gasteiger partial charge in [-0.15, -0.1) is 0 Å².